The van der Waals surface area contributed by atoms with E-state index in [1.54, 1.807) is 11.6 Å². The zero-order valence-corrected chi connectivity index (χ0v) is 8.73. The van der Waals surface area contributed by atoms with Crippen LogP contribution in [0.1, 0.15) is 11.2 Å². The van der Waals surface area contributed by atoms with Crippen molar-refractivity contribution in [2.75, 3.05) is 7.05 Å². The van der Waals surface area contributed by atoms with Crippen LogP contribution in [-0.2, 0) is 11.8 Å². The van der Waals surface area contributed by atoms with E-state index in [-0.39, 0.29) is 5.91 Å². The second kappa shape index (κ2) is 3.98. The summed E-state index contributed by atoms with van der Waals surface area (Å²) >= 11 is 11.6. The van der Waals surface area contributed by atoms with Crippen LogP contribution in [0.3, 0.4) is 0 Å². The average Bonchev–Trinajstić information content (AvgIpc) is 2.45. The molecule has 13 heavy (non-hydrogen) atoms. The average molecular weight is 222 g/mol. The van der Waals surface area contributed by atoms with E-state index < -0.39 is 5.38 Å². The van der Waals surface area contributed by atoms with Gasteiger partial charge in [0.1, 0.15) is 11.0 Å². The van der Waals surface area contributed by atoms with Gasteiger partial charge in [-0.3, -0.25) is 4.79 Å². The van der Waals surface area contributed by atoms with E-state index in [4.69, 9.17) is 23.2 Å². The van der Waals surface area contributed by atoms with E-state index >= 15 is 0 Å². The zero-order chi connectivity index (χ0) is 10.0. The second-order valence-corrected chi connectivity index (χ2v) is 3.30. The lowest BCUT2D eigenvalue weighted by Gasteiger charge is -2.07. The predicted molar refractivity (Wildman–Crippen MR) is 50.9 cm³/mol. The molecule has 72 valence electrons. The Hall–Kier alpha value is -0.740. The number of nitrogens with one attached hydrogen (secondary N) is 1. The molecule has 1 aromatic rings. The highest BCUT2D eigenvalue weighted by atomic mass is 35.5. The van der Waals surface area contributed by atoms with Crippen LogP contribution in [0.15, 0.2) is 6.20 Å². The van der Waals surface area contributed by atoms with E-state index in [1.165, 1.54) is 13.2 Å². The molecule has 0 spiro atoms. The van der Waals surface area contributed by atoms with Crippen LogP contribution in [0, 0.1) is 0 Å². The number of hydrogen-bond acceptors (Lipinski definition) is 2. The maximum absolute atomic E-state index is 11.1. The molecule has 1 rings (SSSR count). The molecule has 1 amide bonds. The molecule has 0 saturated heterocycles. The molecule has 1 atom stereocenters. The molecule has 0 aliphatic heterocycles. The number of carbonyl (C=O) groups is 1. The zero-order valence-electron chi connectivity index (χ0n) is 7.21. The minimum atomic E-state index is -0.803. The number of carbonyl (C=O) groups excluding carboxylic acids is 1. The Balaban J connectivity index is 2.95. The summed E-state index contributed by atoms with van der Waals surface area (Å²) in [6.45, 7) is 0. The minimum absolute atomic E-state index is 0.299. The van der Waals surface area contributed by atoms with E-state index in [0.717, 1.165) is 0 Å². The summed E-state index contributed by atoms with van der Waals surface area (Å²) in [7, 11) is 3.21. The topological polar surface area (TPSA) is 46.9 Å². The molecule has 6 heteroatoms. The first-order valence-corrected chi connectivity index (χ1v) is 4.42. The summed E-state index contributed by atoms with van der Waals surface area (Å²) in [4.78, 5) is 15.1. The van der Waals surface area contributed by atoms with Crippen molar-refractivity contribution in [2.24, 2.45) is 7.05 Å². The molecule has 1 heterocycles. The van der Waals surface area contributed by atoms with Crippen LogP contribution in [0.2, 0.25) is 5.15 Å². The standard InChI is InChI=1S/C7H9Cl2N3O/c1-10-7(13)5(9)6-11-3-4(8)12(6)2/h3,5H,1-2H3,(H,10,13). The van der Waals surface area contributed by atoms with Crippen LogP contribution in [0.5, 0.6) is 0 Å². The Labute approximate surface area is 85.8 Å². The molecule has 1 unspecified atom stereocenters. The van der Waals surface area contributed by atoms with Gasteiger partial charge < -0.3 is 9.88 Å². The smallest absolute Gasteiger partial charge is 0.245 e. The first-order chi connectivity index (χ1) is 6.07. The number of nitrogens with zero attached hydrogens (tertiary/aromatic N) is 2. The maximum Gasteiger partial charge on any atom is 0.245 e. The molecule has 0 fully saturated rings. The quantitative estimate of drug-likeness (QED) is 0.761. The molecular weight excluding hydrogens is 213 g/mol. The Morgan fingerprint density at radius 3 is 2.77 bits per heavy atom. The summed E-state index contributed by atoms with van der Waals surface area (Å²) in [6.07, 6.45) is 1.45. The van der Waals surface area contributed by atoms with Gasteiger partial charge >= 0.3 is 0 Å². The van der Waals surface area contributed by atoms with Gasteiger partial charge in [0.25, 0.3) is 0 Å². The molecule has 0 bridgehead atoms. The fourth-order valence-corrected chi connectivity index (χ4v) is 1.33. The highest BCUT2D eigenvalue weighted by molar-refractivity contribution is 6.31. The third-order valence-electron chi connectivity index (χ3n) is 1.67. The number of likely N-dealkylation sites (N-methyl/N-ethyl adjacent to an activating group) is 1. The van der Waals surface area contributed by atoms with Gasteiger partial charge in [-0.1, -0.05) is 11.6 Å². The van der Waals surface area contributed by atoms with Gasteiger partial charge in [-0.25, -0.2) is 4.98 Å². The van der Waals surface area contributed by atoms with Crippen molar-refractivity contribution < 1.29 is 4.79 Å². The highest BCUT2D eigenvalue weighted by Crippen LogP contribution is 2.21. The minimum Gasteiger partial charge on any atom is -0.357 e. The molecule has 4 nitrogen and oxygen atoms in total. The van der Waals surface area contributed by atoms with Gasteiger partial charge in [0.05, 0.1) is 6.20 Å². The van der Waals surface area contributed by atoms with Crippen molar-refractivity contribution in [1.82, 2.24) is 14.9 Å². The molecule has 0 radical (unpaired) electrons. The lowest BCUT2D eigenvalue weighted by atomic mass is 10.4. The third-order valence-corrected chi connectivity index (χ3v) is 2.42. The van der Waals surface area contributed by atoms with Crippen molar-refractivity contribution in [3.05, 3.63) is 17.2 Å². The number of hydrogen-bond donors (Lipinski definition) is 1. The summed E-state index contributed by atoms with van der Waals surface area (Å²) in [5.74, 6) is 0.137. The fraction of sp³-hybridized carbons (Fsp3) is 0.429. The Bertz CT molecular complexity index is 324. The SMILES string of the molecule is CNC(=O)C(Cl)c1ncc(Cl)n1C. The summed E-state index contributed by atoms with van der Waals surface area (Å²) in [5.41, 5.74) is 0. The second-order valence-electron chi connectivity index (χ2n) is 2.47. The van der Waals surface area contributed by atoms with Crippen molar-refractivity contribution in [1.29, 1.82) is 0 Å². The number of alkyl halides is 1. The van der Waals surface area contributed by atoms with Gasteiger partial charge in [-0.05, 0) is 0 Å². The monoisotopic (exact) mass is 221 g/mol. The van der Waals surface area contributed by atoms with Crippen molar-refractivity contribution >= 4 is 29.1 Å². The van der Waals surface area contributed by atoms with Crippen molar-refractivity contribution in [3.63, 3.8) is 0 Å². The molecular formula is C7H9Cl2N3O. The van der Waals surface area contributed by atoms with Crippen LogP contribution in [-0.4, -0.2) is 22.5 Å². The van der Waals surface area contributed by atoms with E-state index in [2.05, 4.69) is 10.3 Å². The Kier molecular flexibility index (Phi) is 3.17. The molecule has 0 saturated carbocycles. The van der Waals surface area contributed by atoms with Gasteiger partial charge in [-0.15, -0.1) is 11.6 Å². The van der Waals surface area contributed by atoms with E-state index in [1.807, 2.05) is 0 Å². The van der Waals surface area contributed by atoms with Crippen LogP contribution in [0.25, 0.3) is 0 Å². The van der Waals surface area contributed by atoms with E-state index in [9.17, 15) is 4.79 Å². The fourth-order valence-electron chi connectivity index (χ4n) is 0.881. The predicted octanol–water partition coefficient (Wildman–Crippen LogP) is 1.10. The summed E-state index contributed by atoms with van der Waals surface area (Å²) in [5, 5.41) is 2.08. The normalized spacial score (nSPS) is 12.6. The maximum atomic E-state index is 11.1. The Morgan fingerprint density at radius 1 is 1.77 bits per heavy atom. The third kappa shape index (κ3) is 1.95. The molecule has 1 N–H and O–H groups in total. The number of imidazole rings is 1. The van der Waals surface area contributed by atoms with Gasteiger partial charge in [0, 0.05) is 14.1 Å². The largest absolute Gasteiger partial charge is 0.357 e. The number of rotatable bonds is 2. The summed E-state index contributed by atoms with van der Waals surface area (Å²) < 4.78 is 1.56. The van der Waals surface area contributed by atoms with Crippen LogP contribution >= 0.6 is 23.2 Å². The lowest BCUT2D eigenvalue weighted by Crippen LogP contribution is -2.24. The highest BCUT2D eigenvalue weighted by Gasteiger charge is 2.21. The molecule has 0 aliphatic rings. The van der Waals surface area contributed by atoms with Crippen molar-refractivity contribution in [3.8, 4) is 0 Å². The van der Waals surface area contributed by atoms with Gasteiger partial charge in [0.15, 0.2) is 5.38 Å². The molecule has 0 aromatic carbocycles. The number of amides is 1. The van der Waals surface area contributed by atoms with E-state index in [0.29, 0.717) is 11.0 Å². The number of halogens is 2. The first-order valence-electron chi connectivity index (χ1n) is 3.60. The van der Waals surface area contributed by atoms with Crippen molar-refractivity contribution in [2.45, 2.75) is 5.38 Å². The van der Waals surface area contributed by atoms with Gasteiger partial charge in [0.2, 0.25) is 5.91 Å². The lowest BCUT2D eigenvalue weighted by molar-refractivity contribution is -0.120. The van der Waals surface area contributed by atoms with Gasteiger partial charge in [-0.2, -0.15) is 0 Å². The number of aromatic nitrogens is 2. The van der Waals surface area contributed by atoms with Crippen LogP contribution in [0.4, 0.5) is 0 Å². The Morgan fingerprint density at radius 2 is 2.38 bits per heavy atom. The molecule has 0 aliphatic carbocycles. The van der Waals surface area contributed by atoms with Crippen LogP contribution < -0.4 is 5.32 Å². The first kappa shape index (κ1) is 10.3. The summed E-state index contributed by atoms with van der Waals surface area (Å²) in [6, 6.07) is 0. The molecule has 1 aromatic heterocycles.